The second-order valence-corrected chi connectivity index (χ2v) is 5.25. The molecule has 0 radical (unpaired) electrons. The Kier molecular flexibility index (Phi) is 4.33. The van der Waals surface area contributed by atoms with Crippen LogP contribution in [0, 0.1) is 0 Å². The third-order valence-electron chi connectivity index (χ3n) is 3.67. The van der Waals surface area contributed by atoms with Crippen molar-refractivity contribution in [3.8, 4) is 5.69 Å². The number of hydrogen-bond donors (Lipinski definition) is 2. The van der Waals surface area contributed by atoms with Crippen LogP contribution in [0.2, 0.25) is 0 Å². The van der Waals surface area contributed by atoms with E-state index in [4.69, 9.17) is 9.84 Å². The van der Waals surface area contributed by atoms with E-state index < -0.39 is 18.2 Å². The molecule has 23 heavy (non-hydrogen) atoms. The van der Waals surface area contributed by atoms with E-state index >= 15 is 0 Å². The number of nitrogens with one attached hydrogen (secondary N) is 1. The molecule has 1 amide bonds. The summed E-state index contributed by atoms with van der Waals surface area (Å²) < 4.78 is 6.85. The molecule has 1 aliphatic rings. The van der Waals surface area contributed by atoms with Crippen molar-refractivity contribution in [2.75, 3.05) is 0 Å². The molecule has 8 heteroatoms. The zero-order valence-electron chi connectivity index (χ0n) is 12.3. The van der Waals surface area contributed by atoms with Gasteiger partial charge in [0, 0.05) is 6.54 Å². The van der Waals surface area contributed by atoms with Crippen LogP contribution in [0.1, 0.15) is 18.4 Å². The van der Waals surface area contributed by atoms with E-state index in [9.17, 15) is 9.59 Å². The Morgan fingerprint density at radius 3 is 2.61 bits per heavy atom. The molecule has 2 atom stereocenters. The fourth-order valence-electron chi connectivity index (χ4n) is 2.42. The number of nitrogens with zero attached hydrogens (tertiary/aromatic N) is 3. The van der Waals surface area contributed by atoms with Gasteiger partial charge in [0.2, 0.25) is 5.91 Å². The fourth-order valence-corrected chi connectivity index (χ4v) is 2.42. The quantitative estimate of drug-likeness (QED) is 0.833. The van der Waals surface area contributed by atoms with Gasteiger partial charge in [-0.15, -0.1) is 0 Å². The Bertz CT molecular complexity index is 684. The van der Waals surface area contributed by atoms with E-state index in [1.54, 1.807) is 11.0 Å². The summed E-state index contributed by atoms with van der Waals surface area (Å²) >= 11 is 0. The van der Waals surface area contributed by atoms with E-state index in [1.807, 2.05) is 24.3 Å². The third-order valence-corrected chi connectivity index (χ3v) is 3.67. The number of carboxylic acid groups (broad SMARTS) is 1. The van der Waals surface area contributed by atoms with Gasteiger partial charge in [-0.3, -0.25) is 4.79 Å². The molecule has 0 unspecified atom stereocenters. The zero-order chi connectivity index (χ0) is 16.2. The van der Waals surface area contributed by atoms with Gasteiger partial charge < -0.3 is 15.2 Å². The second kappa shape index (κ2) is 6.57. The van der Waals surface area contributed by atoms with Crippen molar-refractivity contribution >= 4 is 11.9 Å². The van der Waals surface area contributed by atoms with Gasteiger partial charge in [-0.1, -0.05) is 12.1 Å². The van der Waals surface area contributed by atoms with Gasteiger partial charge in [-0.05, 0) is 30.5 Å². The molecule has 1 aromatic heterocycles. The van der Waals surface area contributed by atoms with E-state index in [0.717, 1.165) is 11.3 Å². The van der Waals surface area contributed by atoms with Crippen LogP contribution < -0.4 is 5.32 Å². The van der Waals surface area contributed by atoms with Crippen molar-refractivity contribution in [2.24, 2.45) is 0 Å². The Morgan fingerprint density at radius 2 is 2.00 bits per heavy atom. The van der Waals surface area contributed by atoms with Crippen molar-refractivity contribution in [1.82, 2.24) is 20.1 Å². The van der Waals surface area contributed by atoms with Crippen LogP contribution in [0.4, 0.5) is 0 Å². The number of hydrogen-bond acceptors (Lipinski definition) is 5. The molecule has 1 aromatic carbocycles. The van der Waals surface area contributed by atoms with Crippen molar-refractivity contribution < 1.29 is 19.4 Å². The predicted octanol–water partition coefficient (Wildman–Crippen LogP) is 0.516. The molecule has 2 heterocycles. The summed E-state index contributed by atoms with van der Waals surface area (Å²) in [5, 5.41) is 15.7. The van der Waals surface area contributed by atoms with Crippen LogP contribution in [-0.4, -0.2) is 44.0 Å². The lowest BCUT2D eigenvalue weighted by molar-refractivity contribution is -0.151. The van der Waals surface area contributed by atoms with Gasteiger partial charge in [-0.2, -0.15) is 5.10 Å². The smallest absolute Gasteiger partial charge is 0.332 e. The van der Waals surface area contributed by atoms with Gasteiger partial charge >= 0.3 is 5.97 Å². The lowest BCUT2D eigenvalue weighted by atomic mass is 10.1. The number of aromatic nitrogens is 3. The molecule has 0 spiro atoms. The monoisotopic (exact) mass is 316 g/mol. The number of carboxylic acids is 1. The molecule has 0 bridgehead atoms. The van der Waals surface area contributed by atoms with E-state index in [1.165, 1.54) is 6.33 Å². The number of ether oxygens (including phenoxy) is 1. The largest absolute Gasteiger partial charge is 0.479 e. The molecule has 0 saturated carbocycles. The average molecular weight is 316 g/mol. The summed E-state index contributed by atoms with van der Waals surface area (Å²) in [5.41, 5.74) is 1.80. The first kappa shape index (κ1) is 15.2. The summed E-state index contributed by atoms with van der Waals surface area (Å²) in [6, 6.07) is 7.52. The van der Waals surface area contributed by atoms with E-state index in [-0.39, 0.29) is 5.91 Å². The summed E-state index contributed by atoms with van der Waals surface area (Å²) in [7, 11) is 0. The van der Waals surface area contributed by atoms with Crippen molar-refractivity contribution in [3.63, 3.8) is 0 Å². The normalized spacial score (nSPS) is 20.3. The minimum atomic E-state index is -1.02. The SMILES string of the molecule is O=C(NCc1ccc(-n2cncn2)cc1)[C@@H]1CC[C@H](C(=O)O)O1. The Hall–Kier alpha value is -2.74. The Balaban J connectivity index is 1.52. The summed E-state index contributed by atoms with van der Waals surface area (Å²) in [4.78, 5) is 26.7. The molecule has 2 aromatic rings. The van der Waals surface area contributed by atoms with Crippen LogP contribution in [0.3, 0.4) is 0 Å². The maximum absolute atomic E-state index is 12.0. The standard InChI is InChI=1S/C15H16N4O4/c20-14(12-5-6-13(23-12)15(21)22)17-7-10-1-3-11(4-2-10)19-9-16-8-18-19/h1-4,8-9,12-13H,5-7H2,(H,17,20)(H,21,22)/t12-,13+/m0/s1. The first-order valence-electron chi connectivity index (χ1n) is 7.23. The lowest BCUT2D eigenvalue weighted by Gasteiger charge is -2.12. The van der Waals surface area contributed by atoms with Crippen LogP contribution in [-0.2, 0) is 20.9 Å². The van der Waals surface area contributed by atoms with Gasteiger partial charge in [0.1, 0.15) is 18.8 Å². The molecule has 1 saturated heterocycles. The minimum Gasteiger partial charge on any atom is -0.479 e. The molecule has 1 fully saturated rings. The molecule has 120 valence electrons. The molecule has 3 rings (SSSR count). The number of carbonyl (C=O) groups excluding carboxylic acids is 1. The maximum Gasteiger partial charge on any atom is 0.332 e. The highest BCUT2D eigenvalue weighted by Crippen LogP contribution is 2.20. The van der Waals surface area contributed by atoms with Gasteiger partial charge in [-0.25, -0.2) is 14.5 Å². The van der Waals surface area contributed by atoms with Crippen molar-refractivity contribution in [2.45, 2.75) is 31.6 Å². The number of benzene rings is 1. The summed E-state index contributed by atoms with van der Waals surface area (Å²) in [5.74, 6) is -1.31. The topological polar surface area (TPSA) is 106 Å². The molecular weight excluding hydrogens is 300 g/mol. The molecule has 1 aliphatic heterocycles. The van der Waals surface area contributed by atoms with Crippen molar-refractivity contribution in [3.05, 3.63) is 42.5 Å². The number of rotatable bonds is 5. The first-order valence-corrected chi connectivity index (χ1v) is 7.23. The Labute approximate surface area is 132 Å². The predicted molar refractivity (Wildman–Crippen MR) is 78.7 cm³/mol. The summed E-state index contributed by atoms with van der Waals surface area (Å²) in [6.07, 6.45) is 2.28. The number of aliphatic carboxylic acids is 1. The van der Waals surface area contributed by atoms with E-state index in [2.05, 4.69) is 15.4 Å². The highest BCUT2D eigenvalue weighted by molar-refractivity contribution is 5.82. The van der Waals surface area contributed by atoms with Gasteiger partial charge in [0.05, 0.1) is 5.69 Å². The van der Waals surface area contributed by atoms with Gasteiger partial charge in [0.15, 0.2) is 6.10 Å². The van der Waals surface area contributed by atoms with Crippen LogP contribution in [0.15, 0.2) is 36.9 Å². The maximum atomic E-state index is 12.0. The zero-order valence-corrected chi connectivity index (χ0v) is 12.3. The molecule has 8 nitrogen and oxygen atoms in total. The highest BCUT2D eigenvalue weighted by atomic mass is 16.5. The Morgan fingerprint density at radius 1 is 1.26 bits per heavy atom. The molecule has 2 N–H and O–H groups in total. The fraction of sp³-hybridized carbons (Fsp3) is 0.333. The first-order chi connectivity index (χ1) is 11.1. The van der Waals surface area contributed by atoms with Crippen LogP contribution in [0.5, 0.6) is 0 Å². The third kappa shape index (κ3) is 3.54. The highest BCUT2D eigenvalue weighted by Gasteiger charge is 2.34. The number of carbonyl (C=O) groups is 2. The van der Waals surface area contributed by atoms with Gasteiger partial charge in [0.25, 0.3) is 0 Å². The lowest BCUT2D eigenvalue weighted by Crippen LogP contribution is -2.35. The second-order valence-electron chi connectivity index (χ2n) is 5.25. The van der Waals surface area contributed by atoms with Crippen molar-refractivity contribution in [1.29, 1.82) is 0 Å². The van der Waals surface area contributed by atoms with Crippen LogP contribution >= 0.6 is 0 Å². The number of amides is 1. The summed E-state index contributed by atoms with van der Waals surface area (Å²) in [6.45, 7) is 0.355. The minimum absolute atomic E-state index is 0.283. The average Bonchev–Trinajstić information content (AvgIpc) is 3.24. The van der Waals surface area contributed by atoms with E-state index in [0.29, 0.717) is 19.4 Å². The van der Waals surface area contributed by atoms with Crippen LogP contribution in [0.25, 0.3) is 5.69 Å². The molecule has 0 aliphatic carbocycles. The molecular formula is C15H16N4O4.